The lowest BCUT2D eigenvalue weighted by atomic mass is 10.1. The van der Waals surface area contributed by atoms with E-state index in [1.165, 1.54) is 0 Å². The SMILES string of the molecule is CC1CN(C(=O)c2cc(F)cnc2N)CC(C)O1. The molecule has 18 heavy (non-hydrogen) atoms. The Kier molecular flexibility index (Phi) is 3.47. The number of amides is 1. The predicted molar refractivity (Wildman–Crippen MR) is 64.5 cm³/mol. The van der Waals surface area contributed by atoms with Gasteiger partial charge in [0.25, 0.3) is 5.91 Å². The van der Waals surface area contributed by atoms with E-state index in [1.807, 2.05) is 13.8 Å². The number of aromatic nitrogens is 1. The number of rotatable bonds is 1. The molecule has 2 rings (SSSR count). The van der Waals surface area contributed by atoms with Crippen LogP contribution >= 0.6 is 0 Å². The van der Waals surface area contributed by atoms with E-state index >= 15 is 0 Å². The van der Waals surface area contributed by atoms with Crippen LogP contribution < -0.4 is 5.73 Å². The van der Waals surface area contributed by atoms with E-state index in [9.17, 15) is 9.18 Å². The summed E-state index contributed by atoms with van der Waals surface area (Å²) in [5.41, 5.74) is 5.72. The molecule has 1 aliphatic heterocycles. The van der Waals surface area contributed by atoms with Crippen molar-refractivity contribution in [2.75, 3.05) is 18.8 Å². The van der Waals surface area contributed by atoms with Crippen LogP contribution in [-0.4, -0.2) is 41.1 Å². The lowest BCUT2D eigenvalue weighted by Crippen LogP contribution is -2.48. The maximum absolute atomic E-state index is 13.1. The van der Waals surface area contributed by atoms with E-state index in [-0.39, 0.29) is 29.5 Å². The zero-order chi connectivity index (χ0) is 13.3. The maximum Gasteiger partial charge on any atom is 0.257 e. The van der Waals surface area contributed by atoms with Crippen molar-refractivity contribution in [1.82, 2.24) is 9.88 Å². The number of nitrogens with zero attached hydrogens (tertiary/aromatic N) is 2. The summed E-state index contributed by atoms with van der Waals surface area (Å²) in [5, 5.41) is 0. The van der Waals surface area contributed by atoms with Crippen molar-refractivity contribution in [3.05, 3.63) is 23.6 Å². The van der Waals surface area contributed by atoms with E-state index in [0.717, 1.165) is 12.3 Å². The number of nitrogen functional groups attached to an aromatic ring is 1. The zero-order valence-electron chi connectivity index (χ0n) is 10.4. The third-order valence-electron chi connectivity index (χ3n) is 2.82. The summed E-state index contributed by atoms with van der Waals surface area (Å²) >= 11 is 0. The smallest absolute Gasteiger partial charge is 0.257 e. The van der Waals surface area contributed by atoms with Crippen molar-refractivity contribution in [2.24, 2.45) is 0 Å². The van der Waals surface area contributed by atoms with Crippen LogP contribution in [0.3, 0.4) is 0 Å². The van der Waals surface area contributed by atoms with E-state index in [1.54, 1.807) is 4.90 Å². The van der Waals surface area contributed by atoms with E-state index in [0.29, 0.717) is 13.1 Å². The first-order chi connectivity index (χ1) is 8.47. The van der Waals surface area contributed by atoms with Crippen molar-refractivity contribution in [2.45, 2.75) is 26.1 Å². The van der Waals surface area contributed by atoms with Crippen molar-refractivity contribution in [3.63, 3.8) is 0 Å². The van der Waals surface area contributed by atoms with E-state index in [4.69, 9.17) is 10.5 Å². The summed E-state index contributed by atoms with van der Waals surface area (Å²) < 4.78 is 18.7. The van der Waals surface area contributed by atoms with Crippen molar-refractivity contribution >= 4 is 11.7 Å². The summed E-state index contributed by atoms with van der Waals surface area (Å²) in [6, 6.07) is 1.12. The number of hydrogen-bond donors (Lipinski definition) is 1. The minimum Gasteiger partial charge on any atom is -0.383 e. The van der Waals surface area contributed by atoms with Gasteiger partial charge in [0.1, 0.15) is 11.6 Å². The topological polar surface area (TPSA) is 68.5 Å². The van der Waals surface area contributed by atoms with Gasteiger partial charge in [-0.2, -0.15) is 0 Å². The molecule has 2 atom stereocenters. The van der Waals surface area contributed by atoms with Crippen LogP contribution in [0.5, 0.6) is 0 Å². The van der Waals surface area contributed by atoms with Gasteiger partial charge in [0, 0.05) is 13.1 Å². The highest BCUT2D eigenvalue weighted by Crippen LogP contribution is 2.17. The van der Waals surface area contributed by atoms with Crippen LogP contribution in [0.25, 0.3) is 0 Å². The van der Waals surface area contributed by atoms with Gasteiger partial charge < -0.3 is 15.4 Å². The maximum atomic E-state index is 13.1. The summed E-state index contributed by atoms with van der Waals surface area (Å²) in [6.07, 6.45) is 0.914. The number of nitrogens with two attached hydrogens (primary N) is 1. The molecule has 0 aromatic carbocycles. The number of anilines is 1. The van der Waals surface area contributed by atoms with Crippen molar-refractivity contribution in [3.8, 4) is 0 Å². The van der Waals surface area contributed by atoms with Crippen LogP contribution in [0.4, 0.5) is 10.2 Å². The molecule has 2 N–H and O–H groups in total. The number of halogens is 1. The van der Waals surface area contributed by atoms with Crippen LogP contribution in [0, 0.1) is 5.82 Å². The van der Waals surface area contributed by atoms with Crippen molar-refractivity contribution < 1.29 is 13.9 Å². The van der Waals surface area contributed by atoms with Gasteiger partial charge in [-0.15, -0.1) is 0 Å². The Hall–Kier alpha value is -1.69. The van der Waals surface area contributed by atoms with Crippen LogP contribution in [0.15, 0.2) is 12.3 Å². The third-order valence-corrected chi connectivity index (χ3v) is 2.82. The normalized spacial score (nSPS) is 24.1. The average Bonchev–Trinajstić information content (AvgIpc) is 2.30. The first-order valence-electron chi connectivity index (χ1n) is 5.83. The molecule has 0 spiro atoms. The standard InChI is InChI=1S/C12H16FN3O2/c1-7-5-16(6-8(2)18-7)12(17)10-3-9(13)4-15-11(10)14/h3-4,7-8H,5-6H2,1-2H3,(H2,14,15). The molecule has 1 saturated heterocycles. The largest absolute Gasteiger partial charge is 0.383 e. The van der Waals surface area contributed by atoms with Crippen LogP contribution in [-0.2, 0) is 4.74 Å². The zero-order valence-corrected chi connectivity index (χ0v) is 10.4. The Morgan fingerprint density at radius 2 is 2.11 bits per heavy atom. The number of carbonyl (C=O) groups is 1. The van der Waals surface area contributed by atoms with E-state index in [2.05, 4.69) is 4.98 Å². The van der Waals surface area contributed by atoms with Gasteiger partial charge in [0.15, 0.2) is 0 Å². The number of hydrogen-bond acceptors (Lipinski definition) is 4. The Labute approximate surface area is 105 Å². The molecule has 0 saturated carbocycles. The number of ether oxygens (including phenoxy) is 1. The van der Waals surface area contributed by atoms with Gasteiger partial charge in [0.05, 0.1) is 24.0 Å². The number of pyridine rings is 1. The predicted octanol–water partition coefficient (Wildman–Crippen LogP) is 1.05. The summed E-state index contributed by atoms with van der Waals surface area (Å²) in [4.78, 5) is 17.5. The Morgan fingerprint density at radius 3 is 2.72 bits per heavy atom. The third kappa shape index (κ3) is 2.59. The monoisotopic (exact) mass is 253 g/mol. The molecular formula is C12H16FN3O2. The molecule has 0 aliphatic carbocycles. The molecule has 1 aromatic rings. The van der Waals surface area contributed by atoms with Crippen LogP contribution in [0.2, 0.25) is 0 Å². The van der Waals surface area contributed by atoms with Gasteiger partial charge in [0.2, 0.25) is 0 Å². The molecule has 2 unspecified atom stereocenters. The lowest BCUT2D eigenvalue weighted by Gasteiger charge is -2.35. The quantitative estimate of drug-likeness (QED) is 0.812. The second-order valence-electron chi connectivity index (χ2n) is 4.55. The summed E-state index contributed by atoms with van der Waals surface area (Å²) in [5.74, 6) is -0.823. The molecule has 2 heterocycles. The molecule has 0 radical (unpaired) electrons. The molecule has 5 nitrogen and oxygen atoms in total. The highest BCUT2D eigenvalue weighted by atomic mass is 19.1. The first-order valence-corrected chi connectivity index (χ1v) is 5.83. The minimum absolute atomic E-state index is 0.0413. The second-order valence-corrected chi connectivity index (χ2v) is 4.55. The van der Waals surface area contributed by atoms with Gasteiger partial charge >= 0.3 is 0 Å². The van der Waals surface area contributed by atoms with Crippen molar-refractivity contribution in [1.29, 1.82) is 0 Å². The molecule has 1 amide bonds. The molecule has 0 bridgehead atoms. The molecule has 6 heteroatoms. The van der Waals surface area contributed by atoms with Crippen LogP contribution in [0.1, 0.15) is 24.2 Å². The number of carbonyl (C=O) groups excluding carboxylic acids is 1. The molecular weight excluding hydrogens is 237 g/mol. The highest BCUT2D eigenvalue weighted by molar-refractivity contribution is 5.98. The fraction of sp³-hybridized carbons (Fsp3) is 0.500. The van der Waals surface area contributed by atoms with Gasteiger partial charge in [-0.25, -0.2) is 9.37 Å². The fourth-order valence-electron chi connectivity index (χ4n) is 2.14. The molecule has 1 fully saturated rings. The van der Waals surface area contributed by atoms with Gasteiger partial charge in [-0.3, -0.25) is 4.79 Å². The molecule has 98 valence electrons. The summed E-state index contributed by atoms with van der Waals surface area (Å²) in [6.45, 7) is 4.73. The second kappa shape index (κ2) is 4.89. The first kappa shape index (κ1) is 12.8. The number of morpholine rings is 1. The minimum atomic E-state index is -0.568. The molecule has 1 aromatic heterocycles. The summed E-state index contributed by atoms with van der Waals surface area (Å²) in [7, 11) is 0. The molecule has 1 aliphatic rings. The van der Waals surface area contributed by atoms with Gasteiger partial charge in [-0.1, -0.05) is 0 Å². The van der Waals surface area contributed by atoms with Gasteiger partial charge in [-0.05, 0) is 19.9 Å². The van der Waals surface area contributed by atoms with E-state index < -0.39 is 5.82 Å². The fourth-order valence-corrected chi connectivity index (χ4v) is 2.14. The Bertz CT molecular complexity index is 457. The lowest BCUT2D eigenvalue weighted by molar-refractivity contribution is -0.0586. The average molecular weight is 253 g/mol. The highest BCUT2D eigenvalue weighted by Gasteiger charge is 2.28. The Balaban J connectivity index is 2.22. The Morgan fingerprint density at radius 1 is 1.50 bits per heavy atom.